The molecular formula is C13H15F3N4. The van der Waals surface area contributed by atoms with Crippen LogP contribution >= 0.6 is 0 Å². The average Bonchev–Trinajstić information content (AvgIpc) is 2.39. The summed E-state index contributed by atoms with van der Waals surface area (Å²) in [5.74, 6) is 0.550. The maximum Gasteiger partial charge on any atom is 0.401 e. The van der Waals surface area contributed by atoms with Crippen molar-refractivity contribution in [2.24, 2.45) is 0 Å². The highest BCUT2D eigenvalue weighted by Crippen LogP contribution is 2.23. The summed E-state index contributed by atoms with van der Waals surface area (Å²) >= 11 is 0. The van der Waals surface area contributed by atoms with Crippen LogP contribution in [0.1, 0.15) is 12.5 Å². The van der Waals surface area contributed by atoms with E-state index in [2.05, 4.69) is 11.1 Å². The molecule has 0 saturated carbocycles. The molecule has 1 unspecified atom stereocenters. The van der Waals surface area contributed by atoms with Crippen LogP contribution in [0.2, 0.25) is 0 Å². The predicted octanol–water partition coefficient (Wildman–Crippen LogP) is 2.03. The Morgan fingerprint density at radius 3 is 2.80 bits per heavy atom. The molecule has 1 atom stereocenters. The highest BCUT2D eigenvalue weighted by Gasteiger charge is 2.35. The summed E-state index contributed by atoms with van der Waals surface area (Å²) in [7, 11) is 0. The smallest absolute Gasteiger partial charge is 0.353 e. The van der Waals surface area contributed by atoms with Crippen molar-refractivity contribution < 1.29 is 13.2 Å². The molecule has 1 aliphatic heterocycles. The Bertz CT molecular complexity index is 509. The SMILES string of the molecule is CC1CN(c2ncccc2C#N)CCN1CC(F)(F)F. The molecule has 0 bridgehead atoms. The number of pyridine rings is 1. The van der Waals surface area contributed by atoms with E-state index in [1.54, 1.807) is 25.3 Å². The standard InChI is InChI=1S/C13H15F3N4/c1-10-8-19(5-6-20(10)9-13(14,15)16)12-11(7-17)3-2-4-18-12/h2-4,10H,5-6,8-9H2,1H3. The molecule has 0 aliphatic carbocycles. The number of anilines is 1. The fraction of sp³-hybridized carbons (Fsp3) is 0.538. The monoisotopic (exact) mass is 284 g/mol. The van der Waals surface area contributed by atoms with Gasteiger partial charge in [-0.3, -0.25) is 4.90 Å². The summed E-state index contributed by atoms with van der Waals surface area (Å²) in [6, 6.07) is 5.16. The molecule has 2 heterocycles. The number of hydrogen-bond acceptors (Lipinski definition) is 4. The summed E-state index contributed by atoms with van der Waals surface area (Å²) in [5, 5.41) is 9.04. The van der Waals surface area contributed by atoms with Gasteiger partial charge in [0, 0.05) is 31.9 Å². The lowest BCUT2D eigenvalue weighted by Crippen LogP contribution is -2.54. The van der Waals surface area contributed by atoms with Gasteiger partial charge in [0.25, 0.3) is 0 Å². The topological polar surface area (TPSA) is 43.2 Å². The van der Waals surface area contributed by atoms with E-state index in [1.165, 1.54) is 4.90 Å². The van der Waals surface area contributed by atoms with E-state index in [0.29, 0.717) is 31.0 Å². The van der Waals surface area contributed by atoms with Gasteiger partial charge in [0.1, 0.15) is 11.9 Å². The first-order chi connectivity index (χ1) is 9.40. The Kier molecular flexibility index (Phi) is 4.14. The molecule has 0 radical (unpaired) electrons. The van der Waals surface area contributed by atoms with E-state index < -0.39 is 12.7 Å². The highest BCUT2D eigenvalue weighted by atomic mass is 19.4. The van der Waals surface area contributed by atoms with Gasteiger partial charge >= 0.3 is 6.18 Å². The first kappa shape index (κ1) is 14.6. The van der Waals surface area contributed by atoms with E-state index in [4.69, 9.17) is 5.26 Å². The molecule has 1 saturated heterocycles. The molecule has 7 heteroatoms. The molecule has 4 nitrogen and oxygen atoms in total. The first-order valence-corrected chi connectivity index (χ1v) is 6.31. The maximum atomic E-state index is 12.4. The van der Waals surface area contributed by atoms with E-state index in [1.807, 2.05) is 4.90 Å². The lowest BCUT2D eigenvalue weighted by atomic mass is 10.1. The number of piperazine rings is 1. The number of nitrogens with zero attached hydrogens (tertiary/aromatic N) is 4. The lowest BCUT2D eigenvalue weighted by molar-refractivity contribution is -0.150. The van der Waals surface area contributed by atoms with Gasteiger partial charge in [0.15, 0.2) is 0 Å². The number of rotatable bonds is 2. The molecule has 1 aromatic rings. The summed E-state index contributed by atoms with van der Waals surface area (Å²) in [6.45, 7) is 2.04. The Labute approximate surface area is 115 Å². The Morgan fingerprint density at radius 1 is 1.45 bits per heavy atom. The molecule has 2 rings (SSSR count). The summed E-state index contributed by atoms with van der Waals surface area (Å²) in [5.41, 5.74) is 0.448. The lowest BCUT2D eigenvalue weighted by Gasteiger charge is -2.40. The fourth-order valence-electron chi connectivity index (χ4n) is 2.39. The number of nitriles is 1. The zero-order valence-electron chi connectivity index (χ0n) is 11.1. The minimum atomic E-state index is -4.18. The molecule has 1 fully saturated rings. The molecule has 0 spiro atoms. The maximum absolute atomic E-state index is 12.4. The molecule has 0 aromatic carbocycles. The number of alkyl halides is 3. The minimum absolute atomic E-state index is 0.237. The van der Waals surface area contributed by atoms with Crippen LogP contribution in [0, 0.1) is 11.3 Å². The second-order valence-electron chi connectivity index (χ2n) is 4.87. The van der Waals surface area contributed by atoms with E-state index in [0.717, 1.165) is 0 Å². The van der Waals surface area contributed by atoms with Crippen molar-refractivity contribution >= 4 is 5.82 Å². The van der Waals surface area contributed by atoms with E-state index in [9.17, 15) is 13.2 Å². The van der Waals surface area contributed by atoms with Crippen LogP contribution in [-0.4, -0.2) is 48.3 Å². The number of hydrogen-bond donors (Lipinski definition) is 0. The van der Waals surface area contributed by atoms with Crippen molar-refractivity contribution in [2.75, 3.05) is 31.1 Å². The van der Waals surface area contributed by atoms with E-state index >= 15 is 0 Å². The molecule has 1 aliphatic rings. The molecular weight excluding hydrogens is 269 g/mol. The Hall–Kier alpha value is -1.81. The van der Waals surface area contributed by atoms with Gasteiger partial charge in [-0.2, -0.15) is 18.4 Å². The van der Waals surface area contributed by atoms with Crippen LogP contribution in [0.3, 0.4) is 0 Å². The molecule has 1 aromatic heterocycles. The normalized spacial score (nSPS) is 20.8. The third-order valence-electron chi connectivity index (χ3n) is 3.35. The first-order valence-electron chi connectivity index (χ1n) is 6.31. The summed E-state index contributed by atoms with van der Waals surface area (Å²) in [4.78, 5) is 7.45. The average molecular weight is 284 g/mol. The van der Waals surface area contributed by atoms with Gasteiger partial charge < -0.3 is 4.90 Å². The van der Waals surface area contributed by atoms with Gasteiger partial charge in [0.05, 0.1) is 12.1 Å². The van der Waals surface area contributed by atoms with Gasteiger partial charge in [0.2, 0.25) is 0 Å². The van der Waals surface area contributed by atoms with Crippen molar-refractivity contribution in [1.29, 1.82) is 5.26 Å². The fourth-order valence-corrected chi connectivity index (χ4v) is 2.39. The van der Waals surface area contributed by atoms with Crippen LogP contribution in [0.5, 0.6) is 0 Å². The summed E-state index contributed by atoms with van der Waals surface area (Å²) in [6.07, 6.45) is -2.60. The van der Waals surface area contributed by atoms with Gasteiger partial charge in [-0.1, -0.05) is 0 Å². The van der Waals surface area contributed by atoms with Crippen molar-refractivity contribution in [1.82, 2.24) is 9.88 Å². The van der Waals surface area contributed by atoms with Gasteiger partial charge in [-0.05, 0) is 19.1 Å². The highest BCUT2D eigenvalue weighted by molar-refractivity contribution is 5.53. The molecule has 20 heavy (non-hydrogen) atoms. The third-order valence-corrected chi connectivity index (χ3v) is 3.35. The number of aromatic nitrogens is 1. The van der Waals surface area contributed by atoms with Crippen molar-refractivity contribution in [3.63, 3.8) is 0 Å². The quantitative estimate of drug-likeness (QED) is 0.833. The largest absolute Gasteiger partial charge is 0.401 e. The Morgan fingerprint density at radius 2 is 2.20 bits per heavy atom. The van der Waals surface area contributed by atoms with Crippen LogP contribution in [0.25, 0.3) is 0 Å². The van der Waals surface area contributed by atoms with Crippen LogP contribution < -0.4 is 4.90 Å². The van der Waals surface area contributed by atoms with Crippen LogP contribution in [0.4, 0.5) is 19.0 Å². The predicted molar refractivity (Wildman–Crippen MR) is 68.3 cm³/mol. The van der Waals surface area contributed by atoms with Gasteiger partial charge in [-0.25, -0.2) is 4.98 Å². The Balaban J connectivity index is 2.08. The third kappa shape index (κ3) is 3.39. The van der Waals surface area contributed by atoms with Crippen molar-refractivity contribution in [3.8, 4) is 6.07 Å². The second kappa shape index (κ2) is 5.67. The van der Waals surface area contributed by atoms with Crippen molar-refractivity contribution in [2.45, 2.75) is 19.1 Å². The number of halogens is 3. The zero-order valence-corrected chi connectivity index (χ0v) is 11.1. The van der Waals surface area contributed by atoms with Crippen LogP contribution in [0.15, 0.2) is 18.3 Å². The molecule has 0 amide bonds. The molecule has 0 N–H and O–H groups in total. The second-order valence-corrected chi connectivity index (χ2v) is 4.87. The van der Waals surface area contributed by atoms with E-state index in [-0.39, 0.29) is 6.04 Å². The van der Waals surface area contributed by atoms with Crippen molar-refractivity contribution in [3.05, 3.63) is 23.9 Å². The van der Waals surface area contributed by atoms with Crippen LogP contribution in [-0.2, 0) is 0 Å². The zero-order chi connectivity index (χ0) is 14.8. The van der Waals surface area contributed by atoms with Gasteiger partial charge in [-0.15, -0.1) is 0 Å². The minimum Gasteiger partial charge on any atom is -0.353 e. The molecule has 108 valence electrons. The summed E-state index contributed by atoms with van der Waals surface area (Å²) < 4.78 is 37.3.